The lowest BCUT2D eigenvalue weighted by Gasteiger charge is -2.30. The van der Waals surface area contributed by atoms with Crippen molar-refractivity contribution in [2.75, 3.05) is 0 Å². The van der Waals surface area contributed by atoms with Gasteiger partial charge in [-0.25, -0.2) is 0 Å². The highest BCUT2D eigenvalue weighted by Gasteiger charge is 2.48. The van der Waals surface area contributed by atoms with Crippen LogP contribution in [-0.4, -0.2) is 27.7 Å². The number of carbonyl (C=O) groups excluding carboxylic acids is 2. The van der Waals surface area contributed by atoms with Gasteiger partial charge in [0.25, 0.3) is 5.91 Å². The van der Waals surface area contributed by atoms with E-state index in [1.807, 2.05) is 0 Å². The van der Waals surface area contributed by atoms with E-state index in [0.29, 0.717) is 5.76 Å². The number of furan rings is 1. The molecule has 1 N–H and O–H groups in total. The number of aliphatic hydroxyl groups excluding tert-OH is 1. The van der Waals surface area contributed by atoms with Crippen LogP contribution in [0.2, 0.25) is 0 Å². The Morgan fingerprint density at radius 3 is 2.59 bits per heavy atom. The van der Waals surface area contributed by atoms with Crippen molar-refractivity contribution in [1.82, 2.24) is 4.90 Å². The zero-order chi connectivity index (χ0) is 15.9. The zero-order valence-corrected chi connectivity index (χ0v) is 12.9. The van der Waals surface area contributed by atoms with E-state index < -0.39 is 17.7 Å². The van der Waals surface area contributed by atoms with Crippen LogP contribution in [0.15, 0.2) is 34.1 Å². The Balaban J connectivity index is 2.06. The quantitative estimate of drug-likeness (QED) is 0.927. The fraction of sp³-hybridized carbons (Fsp3) is 0.529. The molecule has 1 amide bonds. The third-order valence-electron chi connectivity index (χ3n) is 4.56. The van der Waals surface area contributed by atoms with E-state index >= 15 is 0 Å². The molecule has 1 aromatic rings. The molecular weight excluding hydrogens is 282 g/mol. The van der Waals surface area contributed by atoms with E-state index in [-0.39, 0.29) is 23.3 Å². The van der Waals surface area contributed by atoms with E-state index in [9.17, 15) is 14.7 Å². The number of Topliss-reactive ketones (excluding diaryl/α,β-unsaturated/α-hetero) is 1. The van der Waals surface area contributed by atoms with Crippen LogP contribution in [-0.2, 0) is 9.59 Å². The summed E-state index contributed by atoms with van der Waals surface area (Å²) in [6.07, 6.45) is 5.46. The molecule has 1 unspecified atom stereocenters. The van der Waals surface area contributed by atoms with Gasteiger partial charge in [-0.2, -0.15) is 0 Å². The van der Waals surface area contributed by atoms with Gasteiger partial charge in [0.15, 0.2) is 11.5 Å². The Labute approximate surface area is 129 Å². The van der Waals surface area contributed by atoms with Crippen molar-refractivity contribution in [2.24, 2.45) is 5.92 Å². The molecule has 0 radical (unpaired) electrons. The van der Waals surface area contributed by atoms with Gasteiger partial charge in [-0.05, 0) is 25.0 Å². The van der Waals surface area contributed by atoms with Crippen molar-refractivity contribution in [3.8, 4) is 0 Å². The van der Waals surface area contributed by atoms with Gasteiger partial charge in [-0.1, -0.05) is 26.7 Å². The van der Waals surface area contributed by atoms with Crippen LogP contribution < -0.4 is 0 Å². The van der Waals surface area contributed by atoms with E-state index in [0.717, 1.165) is 25.7 Å². The Bertz CT molecular complexity index is 609. The lowest BCUT2D eigenvalue weighted by molar-refractivity contribution is -0.132. The molecule has 1 aliphatic heterocycles. The third kappa shape index (κ3) is 2.25. The summed E-state index contributed by atoms with van der Waals surface area (Å²) in [5.41, 5.74) is 0.182. The molecule has 1 saturated carbocycles. The monoisotopic (exact) mass is 303 g/mol. The van der Waals surface area contributed by atoms with Gasteiger partial charge < -0.3 is 14.4 Å². The lowest BCUT2D eigenvalue weighted by atomic mass is 9.94. The van der Waals surface area contributed by atoms with Crippen LogP contribution >= 0.6 is 0 Å². The molecule has 2 aliphatic rings. The number of amides is 1. The van der Waals surface area contributed by atoms with Crippen molar-refractivity contribution in [2.45, 2.75) is 51.6 Å². The fourth-order valence-electron chi connectivity index (χ4n) is 3.47. The first-order valence-electron chi connectivity index (χ1n) is 7.85. The van der Waals surface area contributed by atoms with Crippen molar-refractivity contribution in [1.29, 1.82) is 0 Å². The van der Waals surface area contributed by atoms with Crippen LogP contribution in [0.25, 0.3) is 0 Å². The number of hydrogen-bond donors (Lipinski definition) is 1. The minimum absolute atomic E-state index is 0.0576. The van der Waals surface area contributed by atoms with Crippen LogP contribution in [0.3, 0.4) is 0 Å². The second-order valence-corrected chi connectivity index (χ2v) is 6.35. The molecule has 5 heteroatoms. The van der Waals surface area contributed by atoms with Crippen molar-refractivity contribution in [3.05, 3.63) is 35.5 Å². The molecule has 0 spiro atoms. The van der Waals surface area contributed by atoms with E-state index in [1.54, 1.807) is 30.9 Å². The number of carbonyl (C=O) groups is 2. The first-order chi connectivity index (χ1) is 10.5. The summed E-state index contributed by atoms with van der Waals surface area (Å²) in [7, 11) is 0. The number of rotatable bonds is 4. The van der Waals surface area contributed by atoms with E-state index in [1.165, 1.54) is 6.26 Å². The summed E-state index contributed by atoms with van der Waals surface area (Å²) in [5.74, 6) is -0.809. The maximum absolute atomic E-state index is 12.6. The van der Waals surface area contributed by atoms with Crippen molar-refractivity contribution in [3.63, 3.8) is 0 Å². The van der Waals surface area contributed by atoms with Crippen LogP contribution in [0.4, 0.5) is 0 Å². The molecule has 0 saturated heterocycles. The Hall–Kier alpha value is -2.04. The summed E-state index contributed by atoms with van der Waals surface area (Å²) in [6, 6.07) is 2.95. The van der Waals surface area contributed by atoms with Crippen molar-refractivity contribution >= 4 is 11.7 Å². The van der Waals surface area contributed by atoms with E-state index in [2.05, 4.69) is 0 Å². The summed E-state index contributed by atoms with van der Waals surface area (Å²) < 4.78 is 5.47. The first kappa shape index (κ1) is 14.9. The normalized spacial score (nSPS) is 23.1. The van der Waals surface area contributed by atoms with E-state index in [4.69, 9.17) is 4.42 Å². The predicted octanol–water partition coefficient (Wildman–Crippen LogP) is 3.14. The highest BCUT2D eigenvalue weighted by atomic mass is 16.3. The lowest BCUT2D eigenvalue weighted by Crippen LogP contribution is -2.38. The van der Waals surface area contributed by atoms with Crippen LogP contribution in [0.1, 0.15) is 51.3 Å². The number of ketones is 1. The molecular formula is C17H21NO4. The zero-order valence-electron chi connectivity index (χ0n) is 12.9. The minimum atomic E-state index is -0.597. The van der Waals surface area contributed by atoms with Crippen LogP contribution in [0.5, 0.6) is 0 Å². The highest BCUT2D eigenvalue weighted by molar-refractivity contribution is 6.09. The van der Waals surface area contributed by atoms with Gasteiger partial charge in [0.2, 0.25) is 0 Å². The molecule has 118 valence electrons. The van der Waals surface area contributed by atoms with Gasteiger partial charge in [0.1, 0.15) is 11.8 Å². The highest BCUT2D eigenvalue weighted by Crippen LogP contribution is 2.43. The molecule has 2 heterocycles. The molecule has 1 fully saturated rings. The average Bonchev–Trinajstić information content (AvgIpc) is 3.20. The van der Waals surface area contributed by atoms with Gasteiger partial charge in [-0.3, -0.25) is 9.59 Å². The standard InChI is InChI=1S/C17H21NO4/c1-10(2)15(19)13-14(12-8-5-9-22-12)18(17(21)16(13)20)11-6-3-4-7-11/h5,8-11,14,20H,3-4,6-7H2,1-2H3. The molecule has 0 aromatic carbocycles. The Morgan fingerprint density at radius 2 is 2.05 bits per heavy atom. The van der Waals surface area contributed by atoms with Gasteiger partial charge >= 0.3 is 0 Å². The summed E-state index contributed by atoms with van der Waals surface area (Å²) in [6.45, 7) is 3.54. The second kappa shape index (κ2) is 5.63. The van der Waals surface area contributed by atoms with Crippen molar-refractivity contribution < 1.29 is 19.1 Å². The third-order valence-corrected chi connectivity index (χ3v) is 4.56. The maximum Gasteiger partial charge on any atom is 0.290 e. The van der Waals surface area contributed by atoms with Gasteiger partial charge in [-0.15, -0.1) is 0 Å². The summed E-state index contributed by atoms with van der Waals surface area (Å²) in [4.78, 5) is 26.7. The maximum atomic E-state index is 12.6. The smallest absolute Gasteiger partial charge is 0.290 e. The second-order valence-electron chi connectivity index (χ2n) is 6.35. The molecule has 1 atom stereocenters. The molecule has 3 rings (SSSR count). The molecule has 1 aromatic heterocycles. The molecule has 5 nitrogen and oxygen atoms in total. The fourth-order valence-corrected chi connectivity index (χ4v) is 3.47. The largest absolute Gasteiger partial charge is 0.503 e. The topological polar surface area (TPSA) is 70.8 Å². The SMILES string of the molecule is CC(C)C(=O)C1=C(O)C(=O)N(C2CCCC2)C1c1ccco1. The number of hydrogen-bond acceptors (Lipinski definition) is 4. The Morgan fingerprint density at radius 1 is 1.36 bits per heavy atom. The summed E-state index contributed by atoms with van der Waals surface area (Å²) in [5, 5.41) is 10.3. The first-order valence-corrected chi connectivity index (χ1v) is 7.85. The van der Waals surface area contributed by atoms with Crippen LogP contribution in [0, 0.1) is 5.92 Å². The minimum Gasteiger partial charge on any atom is -0.503 e. The average molecular weight is 303 g/mol. The molecule has 0 bridgehead atoms. The molecule has 1 aliphatic carbocycles. The molecule has 22 heavy (non-hydrogen) atoms. The number of aliphatic hydroxyl groups is 1. The van der Waals surface area contributed by atoms with Gasteiger partial charge in [0, 0.05) is 12.0 Å². The predicted molar refractivity (Wildman–Crippen MR) is 80.1 cm³/mol. The summed E-state index contributed by atoms with van der Waals surface area (Å²) >= 11 is 0. The number of nitrogens with zero attached hydrogens (tertiary/aromatic N) is 1. The van der Waals surface area contributed by atoms with Gasteiger partial charge in [0.05, 0.1) is 11.8 Å². The Kier molecular flexibility index (Phi) is 3.81.